The summed E-state index contributed by atoms with van der Waals surface area (Å²) in [5, 5.41) is 0.0169. The first-order valence-electron chi connectivity index (χ1n) is 3.18. The lowest BCUT2D eigenvalue weighted by atomic mass is 10.1. The number of Topliss-reactive ketones (excluding diaryl/α,β-unsaturated/α-hetero) is 1. The van der Waals surface area contributed by atoms with Crippen molar-refractivity contribution in [2.75, 3.05) is 0 Å². The van der Waals surface area contributed by atoms with Gasteiger partial charge in [-0.2, -0.15) is 0 Å². The fraction of sp³-hybridized carbons (Fsp3) is 0.125. The van der Waals surface area contributed by atoms with E-state index in [2.05, 4.69) is 0 Å². The van der Waals surface area contributed by atoms with E-state index < -0.39 is 5.82 Å². The molecule has 0 saturated carbocycles. The van der Waals surface area contributed by atoms with Crippen molar-refractivity contribution >= 4 is 40.0 Å². The Kier molecular flexibility index (Phi) is 3.06. The highest BCUT2D eigenvalue weighted by atomic mass is 127. The lowest BCUT2D eigenvalue weighted by Crippen LogP contribution is -1.97. The van der Waals surface area contributed by atoms with Crippen LogP contribution in [0.4, 0.5) is 4.39 Å². The molecule has 4 heteroatoms. The first-order chi connectivity index (χ1) is 5.54. The molecule has 0 unspecified atom stereocenters. The average Bonchev–Trinajstić information content (AvgIpc) is 2.00. The topological polar surface area (TPSA) is 17.1 Å². The predicted molar refractivity (Wildman–Crippen MR) is 54.1 cm³/mol. The number of carbonyl (C=O) groups excluding carboxylic acids is 1. The lowest BCUT2D eigenvalue weighted by molar-refractivity contribution is 0.101. The third kappa shape index (κ3) is 1.77. The van der Waals surface area contributed by atoms with Crippen LogP contribution in [-0.2, 0) is 0 Å². The van der Waals surface area contributed by atoms with Crippen LogP contribution in [-0.4, -0.2) is 5.78 Å². The van der Waals surface area contributed by atoms with Gasteiger partial charge in [-0.1, -0.05) is 11.6 Å². The molecule has 1 aromatic carbocycles. The van der Waals surface area contributed by atoms with Crippen molar-refractivity contribution in [2.24, 2.45) is 0 Å². The molecule has 0 atom stereocenters. The minimum absolute atomic E-state index is 0.0169. The number of hydrogen-bond acceptors (Lipinski definition) is 1. The Labute approximate surface area is 88.1 Å². The molecule has 0 aliphatic rings. The molecule has 0 heterocycles. The monoisotopic (exact) mass is 298 g/mol. The summed E-state index contributed by atoms with van der Waals surface area (Å²) in [5.74, 6) is -0.604. The van der Waals surface area contributed by atoms with Crippen molar-refractivity contribution < 1.29 is 9.18 Å². The van der Waals surface area contributed by atoms with Crippen LogP contribution in [0.1, 0.15) is 17.3 Å². The number of hydrogen-bond donors (Lipinski definition) is 0. The summed E-state index contributed by atoms with van der Waals surface area (Å²) in [5.41, 5.74) is 0.460. The predicted octanol–water partition coefficient (Wildman–Crippen LogP) is 3.29. The molecule has 1 nitrogen and oxygen atoms in total. The third-order valence-electron chi connectivity index (χ3n) is 1.41. The number of benzene rings is 1. The van der Waals surface area contributed by atoms with E-state index in [1.54, 1.807) is 0 Å². The van der Waals surface area contributed by atoms with Crippen LogP contribution in [0.5, 0.6) is 0 Å². The first-order valence-corrected chi connectivity index (χ1v) is 4.64. The number of carbonyl (C=O) groups is 1. The van der Waals surface area contributed by atoms with Gasteiger partial charge in [-0.3, -0.25) is 4.79 Å². The van der Waals surface area contributed by atoms with Crippen molar-refractivity contribution in [3.63, 3.8) is 0 Å². The third-order valence-corrected chi connectivity index (χ3v) is 3.22. The van der Waals surface area contributed by atoms with Crippen molar-refractivity contribution in [2.45, 2.75) is 6.92 Å². The highest BCUT2D eigenvalue weighted by Gasteiger charge is 2.11. The van der Waals surface area contributed by atoms with Crippen LogP contribution in [0.15, 0.2) is 12.1 Å². The zero-order valence-electron chi connectivity index (χ0n) is 6.20. The smallest absolute Gasteiger partial charge is 0.160 e. The van der Waals surface area contributed by atoms with E-state index in [0.717, 1.165) is 0 Å². The standard InChI is InChI=1S/C8H5ClFIO/c1-4(12)5-2-3-6(10)7(9)8(5)11/h2-3H,1H3. The van der Waals surface area contributed by atoms with Gasteiger partial charge in [0.15, 0.2) is 5.78 Å². The quantitative estimate of drug-likeness (QED) is 0.442. The molecular weight excluding hydrogens is 293 g/mol. The van der Waals surface area contributed by atoms with E-state index in [9.17, 15) is 9.18 Å². The molecule has 0 amide bonds. The molecule has 0 fully saturated rings. The van der Waals surface area contributed by atoms with Crippen LogP contribution in [0.3, 0.4) is 0 Å². The highest BCUT2D eigenvalue weighted by Crippen LogP contribution is 2.25. The molecule has 1 aromatic rings. The lowest BCUT2D eigenvalue weighted by Gasteiger charge is -2.02. The second-order valence-electron chi connectivity index (χ2n) is 2.28. The van der Waals surface area contributed by atoms with Crippen LogP contribution >= 0.6 is 34.2 Å². The van der Waals surface area contributed by atoms with E-state index in [1.165, 1.54) is 19.1 Å². The molecule has 0 aliphatic carbocycles. The molecule has 12 heavy (non-hydrogen) atoms. The van der Waals surface area contributed by atoms with Crippen LogP contribution in [0.25, 0.3) is 0 Å². The van der Waals surface area contributed by atoms with Gasteiger partial charge in [-0.15, -0.1) is 0 Å². The highest BCUT2D eigenvalue weighted by molar-refractivity contribution is 14.1. The van der Waals surface area contributed by atoms with Gasteiger partial charge in [0, 0.05) is 9.13 Å². The fourth-order valence-electron chi connectivity index (χ4n) is 0.798. The van der Waals surface area contributed by atoms with Crippen molar-refractivity contribution in [1.82, 2.24) is 0 Å². The van der Waals surface area contributed by atoms with E-state index in [4.69, 9.17) is 11.6 Å². The Morgan fingerprint density at radius 3 is 2.67 bits per heavy atom. The van der Waals surface area contributed by atoms with Gasteiger partial charge in [0.2, 0.25) is 0 Å². The van der Waals surface area contributed by atoms with E-state index in [0.29, 0.717) is 9.13 Å². The molecule has 0 N–H and O–H groups in total. The molecule has 0 aliphatic heterocycles. The van der Waals surface area contributed by atoms with Crippen LogP contribution < -0.4 is 0 Å². The average molecular weight is 298 g/mol. The Balaban J connectivity index is 3.36. The van der Waals surface area contributed by atoms with Crippen LogP contribution in [0, 0.1) is 9.39 Å². The van der Waals surface area contributed by atoms with Gasteiger partial charge < -0.3 is 0 Å². The maximum absolute atomic E-state index is 12.8. The second-order valence-corrected chi connectivity index (χ2v) is 3.74. The van der Waals surface area contributed by atoms with Crippen molar-refractivity contribution in [3.8, 4) is 0 Å². The Hall–Kier alpha value is -0.160. The summed E-state index contributed by atoms with van der Waals surface area (Å²) >= 11 is 7.45. The van der Waals surface area contributed by atoms with Gasteiger partial charge in [0.25, 0.3) is 0 Å². The molecule has 0 bridgehead atoms. The number of ketones is 1. The molecule has 0 aromatic heterocycles. The fourth-order valence-corrected chi connectivity index (χ4v) is 1.78. The van der Waals surface area contributed by atoms with E-state index in [-0.39, 0.29) is 10.8 Å². The Bertz CT molecular complexity index is 338. The van der Waals surface area contributed by atoms with Crippen molar-refractivity contribution in [1.29, 1.82) is 0 Å². The molecule has 1 rings (SSSR count). The van der Waals surface area contributed by atoms with Gasteiger partial charge in [0.05, 0.1) is 5.02 Å². The summed E-state index contributed by atoms with van der Waals surface area (Å²) in [6.07, 6.45) is 0. The SMILES string of the molecule is CC(=O)c1ccc(F)c(Cl)c1I. The molecule has 0 saturated heterocycles. The molecular formula is C8H5ClFIO. The first kappa shape index (κ1) is 9.92. The zero-order valence-corrected chi connectivity index (χ0v) is 9.11. The van der Waals surface area contributed by atoms with Gasteiger partial charge >= 0.3 is 0 Å². The Morgan fingerprint density at radius 1 is 1.58 bits per heavy atom. The summed E-state index contributed by atoms with van der Waals surface area (Å²) < 4.78 is 13.2. The normalized spacial score (nSPS) is 10.0. The summed E-state index contributed by atoms with van der Waals surface area (Å²) in [4.78, 5) is 10.9. The molecule has 0 radical (unpaired) electrons. The van der Waals surface area contributed by atoms with Gasteiger partial charge in [-0.05, 0) is 41.6 Å². The summed E-state index contributed by atoms with van der Waals surface area (Å²) in [6.45, 7) is 1.42. The molecule has 64 valence electrons. The maximum Gasteiger partial charge on any atom is 0.160 e. The minimum Gasteiger partial charge on any atom is -0.294 e. The number of rotatable bonds is 1. The van der Waals surface area contributed by atoms with Gasteiger partial charge in [0.1, 0.15) is 5.82 Å². The minimum atomic E-state index is -0.494. The zero-order chi connectivity index (χ0) is 9.30. The Morgan fingerprint density at radius 2 is 2.17 bits per heavy atom. The van der Waals surface area contributed by atoms with Crippen molar-refractivity contribution in [3.05, 3.63) is 32.1 Å². The van der Waals surface area contributed by atoms with E-state index in [1.807, 2.05) is 22.6 Å². The maximum atomic E-state index is 12.8. The number of halogens is 3. The van der Waals surface area contributed by atoms with Gasteiger partial charge in [-0.25, -0.2) is 4.39 Å². The van der Waals surface area contributed by atoms with E-state index >= 15 is 0 Å². The van der Waals surface area contributed by atoms with Crippen LogP contribution in [0.2, 0.25) is 5.02 Å². The molecule has 0 spiro atoms. The summed E-state index contributed by atoms with van der Waals surface area (Å²) in [6, 6.07) is 2.63. The summed E-state index contributed by atoms with van der Waals surface area (Å²) in [7, 11) is 0. The second kappa shape index (κ2) is 3.70. The largest absolute Gasteiger partial charge is 0.294 e.